The van der Waals surface area contributed by atoms with Crippen LogP contribution in [0.15, 0.2) is 42.5 Å². The number of carbonyl (C=O) groups excluding carboxylic acids is 1. The van der Waals surface area contributed by atoms with Crippen LogP contribution in [0.2, 0.25) is 0 Å². The Kier molecular flexibility index (Phi) is 5.21. The summed E-state index contributed by atoms with van der Waals surface area (Å²) in [5.41, 5.74) is 4.56. The molecule has 0 fully saturated rings. The molecular weight excluding hydrogens is 274 g/mol. The highest BCUT2D eigenvalue weighted by molar-refractivity contribution is 5.78. The molecule has 2 aromatic carbocycles. The van der Waals surface area contributed by atoms with E-state index in [1.807, 2.05) is 64.1 Å². The molecule has 0 bridgehead atoms. The van der Waals surface area contributed by atoms with E-state index in [9.17, 15) is 4.79 Å². The van der Waals surface area contributed by atoms with Crippen LogP contribution in [0.3, 0.4) is 0 Å². The molecule has 3 nitrogen and oxygen atoms in total. The normalized spacial score (nSPS) is 11.8. The Balaban J connectivity index is 1.91. The largest absolute Gasteiger partial charge is 0.484 e. The summed E-state index contributed by atoms with van der Waals surface area (Å²) in [6.07, 6.45) is 0. The van der Waals surface area contributed by atoms with Crippen molar-refractivity contribution in [2.45, 2.75) is 33.7 Å². The molecule has 2 rings (SSSR count). The molecule has 116 valence electrons. The molecule has 0 heterocycles. The number of hydrogen-bond donors (Lipinski definition) is 1. The summed E-state index contributed by atoms with van der Waals surface area (Å²) in [7, 11) is 0. The quantitative estimate of drug-likeness (QED) is 0.910. The average Bonchev–Trinajstić information content (AvgIpc) is 2.44. The Labute approximate surface area is 132 Å². The van der Waals surface area contributed by atoms with Gasteiger partial charge in [-0.05, 0) is 62.1 Å². The van der Waals surface area contributed by atoms with Crippen LogP contribution in [-0.4, -0.2) is 12.5 Å². The molecule has 0 saturated heterocycles. The molecule has 3 heteroatoms. The minimum Gasteiger partial charge on any atom is -0.484 e. The van der Waals surface area contributed by atoms with Gasteiger partial charge in [0, 0.05) is 0 Å². The van der Waals surface area contributed by atoms with Gasteiger partial charge in [0.25, 0.3) is 5.91 Å². The second kappa shape index (κ2) is 7.12. The van der Waals surface area contributed by atoms with Crippen LogP contribution in [0.25, 0.3) is 0 Å². The van der Waals surface area contributed by atoms with Gasteiger partial charge in [-0.3, -0.25) is 4.79 Å². The summed E-state index contributed by atoms with van der Waals surface area (Å²) in [5.74, 6) is 0.617. The van der Waals surface area contributed by atoms with E-state index in [4.69, 9.17) is 4.74 Å². The lowest BCUT2D eigenvalue weighted by Gasteiger charge is -2.17. The highest BCUT2D eigenvalue weighted by Crippen LogP contribution is 2.18. The number of nitrogens with one attached hydrogen (secondary N) is 1. The van der Waals surface area contributed by atoms with Crippen LogP contribution < -0.4 is 10.1 Å². The van der Waals surface area contributed by atoms with E-state index in [-0.39, 0.29) is 18.6 Å². The molecule has 0 radical (unpaired) electrons. The first kappa shape index (κ1) is 16.1. The van der Waals surface area contributed by atoms with Crippen molar-refractivity contribution in [1.82, 2.24) is 5.32 Å². The zero-order valence-electron chi connectivity index (χ0n) is 13.6. The van der Waals surface area contributed by atoms with Gasteiger partial charge in [0.15, 0.2) is 6.61 Å². The van der Waals surface area contributed by atoms with Gasteiger partial charge in [-0.25, -0.2) is 0 Å². The minimum atomic E-state index is -0.116. The van der Waals surface area contributed by atoms with Crippen molar-refractivity contribution in [2.75, 3.05) is 6.61 Å². The first-order chi connectivity index (χ1) is 10.5. The van der Waals surface area contributed by atoms with Crippen LogP contribution in [0.1, 0.15) is 35.2 Å². The van der Waals surface area contributed by atoms with Gasteiger partial charge in [-0.1, -0.05) is 30.3 Å². The van der Waals surface area contributed by atoms with Crippen molar-refractivity contribution in [3.8, 4) is 5.75 Å². The number of rotatable bonds is 5. The van der Waals surface area contributed by atoms with Crippen LogP contribution in [-0.2, 0) is 4.79 Å². The molecule has 0 spiro atoms. The van der Waals surface area contributed by atoms with Crippen LogP contribution in [0, 0.1) is 20.8 Å². The van der Waals surface area contributed by atoms with E-state index in [2.05, 4.69) is 11.4 Å². The third-order valence-electron chi connectivity index (χ3n) is 3.60. The van der Waals surface area contributed by atoms with Crippen molar-refractivity contribution in [3.63, 3.8) is 0 Å². The second-order valence-corrected chi connectivity index (χ2v) is 5.76. The summed E-state index contributed by atoms with van der Waals surface area (Å²) >= 11 is 0. The van der Waals surface area contributed by atoms with Crippen LogP contribution in [0.5, 0.6) is 5.75 Å². The van der Waals surface area contributed by atoms with Gasteiger partial charge in [-0.2, -0.15) is 0 Å². The van der Waals surface area contributed by atoms with Crippen molar-refractivity contribution in [3.05, 3.63) is 64.7 Å². The Morgan fingerprint density at radius 2 is 1.73 bits per heavy atom. The lowest BCUT2D eigenvalue weighted by molar-refractivity contribution is -0.123. The molecule has 0 aliphatic heterocycles. The van der Waals surface area contributed by atoms with Gasteiger partial charge in [0.1, 0.15) is 5.75 Å². The second-order valence-electron chi connectivity index (χ2n) is 5.76. The van der Waals surface area contributed by atoms with Gasteiger partial charge in [0.05, 0.1) is 6.04 Å². The molecule has 0 saturated carbocycles. The highest BCUT2D eigenvalue weighted by Gasteiger charge is 2.11. The third kappa shape index (κ3) is 4.35. The van der Waals surface area contributed by atoms with E-state index in [1.54, 1.807) is 0 Å². The zero-order valence-corrected chi connectivity index (χ0v) is 13.6. The number of benzene rings is 2. The summed E-state index contributed by atoms with van der Waals surface area (Å²) in [5, 5.41) is 2.97. The number of amides is 1. The van der Waals surface area contributed by atoms with Gasteiger partial charge in [0.2, 0.25) is 0 Å². The molecule has 0 aliphatic rings. The Morgan fingerprint density at radius 1 is 1.09 bits per heavy atom. The monoisotopic (exact) mass is 297 g/mol. The van der Waals surface area contributed by atoms with E-state index in [1.165, 1.54) is 5.56 Å². The number of carbonyl (C=O) groups is 1. The third-order valence-corrected chi connectivity index (χ3v) is 3.60. The van der Waals surface area contributed by atoms with Crippen molar-refractivity contribution < 1.29 is 9.53 Å². The van der Waals surface area contributed by atoms with Crippen molar-refractivity contribution in [2.24, 2.45) is 0 Å². The molecule has 0 aromatic heterocycles. The van der Waals surface area contributed by atoms with Crippen molar-refractivity contribution in [1.29, 1.82) is 0 Å². The SMILES string of the molecule is Cc1cc(C)cc(OCC(=O)NC(C)c2ccccc2C)c1. The molecular formula is C19H23NO2. The van der Waals surface area contributed by atoms with Crippen LogP contribution >= 0.6 is 0 Å². The van der Waals surface area contributed by atoms with Crippen LogP contribution in [0.4, 0.5) is 0 Å². The highest BCUT2D eigenvalue weighted by atomic mass is 16.5. The number of ether oxygens (including phenoxy) is 1. The van der Waals surface area contributed by atoms with Crippen molar-refractivity contribution >= 4 is 5.91 Å². The standard InChI is InChI=1S/C19H23NO2/c1-13-9-14(2)11-17(10-13)22-12-19(21)20-16(4)18-8-6-5-7-15(18)3/h5-11,16H,12H2,1-4H3,(H,20,21). The lowest BCUT2D eigenvalue weighted by atomic mass is 10.0. The molecule has 2 aromatic rings. The summed E-state index contributed by atoms with van der Waals surface area (Å²) < 4.78 is 5.58. The fourth-order valence-corrected chi connectivity index (χ4v) is 2.60. The van der Waals surface area contributed by atoms with E-state index < -0.39 is 0 Å². The number of hydrogen-bond acceptors (Lipinski definition) is 2. The lowest BCUT2D eigenvalue weighted by Crippen LogP contribution is -2.31. The van der Waals surface area contributed by atoms with Gasteiger partial charge >= 0.3 is 0 Å². The van der Waals surface area contributed by atoms with E-state index in [0.717, 1.165) is 22.4 Å². The Bertz CT molecular complexity index is 644. The minimum absolute atomic E-state index is 0.0269. The topological polar surface area (TPSA) is 38.3 Å². The first-order valence-corrected chi connectivity index (χ1v) is 7.51. The molecule has 22 heavy (non-hydrogen) atoms. The maximum Gasteiger partial charge on any atom is 0.258 e. The summed E-state index contributed by atoms with van der Waals surface area (Å²) in [6.45, 7) is 8.08. The van der Waals surface area contributed by atoms with E-state index in [0.29, 0.717) is 0 Å². The summed E-state index contributed by atoms with van der Waals surface area (Å²) in [6, 6.07) is 14.0. The molecule has 1 unspecified atom stereocenters. The molecule has 1 amide bonds. The molecule has 0 aliphatic carbocycles. The molecule has 1 atom stereocenters. The smallest absolute Gasteiger partial charge is 0.258 e. The van der Waals surface area contributed by atoms with Gasteiger partial charge < -0.3 is 10.1 Å². The zero-order chi connectivity index (χ0) is 16.1. The fourth-order valence-electron chi connectivity index (χ4n) is 2.60. The van der Waals surface area contributed by atoms with E-state index >= 15 is 0 Å². The first-order valence-electron chi connectivity index (χ1n) is 7.51. The average molecular weight is 297 g/mol. The Morgan fingerprint density at radius 3 is 2.36 bits per heavy atom. The van der Waals surface area contributed by atoms with Gasteiger partial charge in [-0.15, -0.1) is 0 Å². The number of aryl methyl sites for hydroxylation is 3. The maximum atomic E-state index is 12.0. The molecule has 1 N–H and O–H groups in total. The maximum absolute atomic E-state index is 12.0. The Hall–Kier alpha value is -2.29. The predicted molar refractivity (Wildman–Crippen MR) is 89.1 cm³/mol. The fraction of sp³-hybridized carbons (Fsp3) is 0.316. The summed E-state index contributed by atoms with van der Waals surface area (Å²) in [4.78, 5) is 12.0. The predicted octanol–water partition coefficient (Wildman–Crippen LogP) is 3.87.